The molecule has 0 aliphatic heterocycles. The first-order chi connectivity index (χ1) is 13.8. The van der Waals surface area contributed by atoms with Crippen LogP contribution >= 0.6 is 0 Å². The molecular weight excluding hydrogens is 380 g/mol. The van der Waals surface area contributed by atoms with Gasteiger partial charge in [-0.1, -0.05) is 18.6 Å². The molecule has 1 saturated carbocycles. The molecule has 158 valence electrons. The standard InChI is InChI=1S/C19H26N4O6/c20-18(29)21-10-1-3-15(12-25)23(16(26)19(17(27)28)8-2-9-19)22-14-6-4-13(11-24)5-7-14/h4-7,12,15,22,24H,1-3,8-11H2,(H,27,28)(H3,20,21,29)/t15-/m0/s1. The van der Waals surface area contributed by atoms with E-state index in [1.807, 2.05) is 0 Å². The summed E-state index contributed by atoms with van der Waals surface area (Å²) in [6.07, 6.45) is 2.17. The maximum absolute atomic E-state index is 13.2. The van der Waals surface area contributed by atoms with Crippen LogP contribution in [0.5, 0.6) is 0 Å². The number of nitrogens with zero attached hydrogens (tertiary/aromatic N) is 1. The largest absolute Gasteiger partial charge is 0.480 e. The van der Waals surface area contributed by atoms with E-state index in [0.29, 0.717) is 30.4 Å². The second-order valence-electron chi connectivity index (χ2n) is 7.02. The molecule has 6 N–H and O–H groups in total. The van der Waals surface area contributed by atoms with Crippen molar-refractivity contribution < 1.29 is 29.4 Å². The smallest absolute Gasteiger partial charge is 0.319 e. The Morgan fingerprint density at radius 3 is 2.34 bits per heavy atom. The van der Waals surface area contributed by atoms with Gasteiger partial charge in [0.25, 0.3) is 5.91 Å². The van der Waals surface area contributed by atoms with E-state index in [0.717, 1.165) is 5.01 Å². The van der Waals surface area contributed by atoms with Crippen LogP contribution in [0.4, 0.5) is 10.5 Å². The maximum atomic E-state index is 13.2. The van der Waals surface area contributed by atoms with Gasteiger partial charge in [0, 0.05) is 6.54 Å². The number of hydrazine groups is 1. The summed E-state index contributed by atoms with van der Waals surface area (Å²) in [7, 11) is 0. The van der Waals surface area contributed by atoms with Gasteiger partial charge in [-0.25, -0.2) is 9.80 Å². The number of benzene rings is 1. The van der Waals surface area contributed by atoms with E-state index < -0.39 is 29.4 Å². The molecule has 1 aromatic rings. The van der Waals surface area contributed by atoms with Gasteiger partial charge in [-0.15, -0.1) is 0 Å². The van der Waals surface area contributed by atoms with E-state index in [4.69, 9.17) is 10.8 Å². The van der Waals surface area contributed by atoms with E-state index in [1.165, 1.54) is 0 Å². The van der Waals surface area contributed by atoms with Gasteiger partial charge >= 0.3 is 12.0 Å². The molecule has 2 rings (SSSR count). The number of carbonyl (C=O) groups is 4. The minimum Gasteiger partial charge on any atom is -0.480 e. The number of hydrogen-bond acceptors (Lipinski definition) is 6. The third kappa shape index (κ3) is 5.23. The van der Waals surface area contributed by atoms with Gasteiger partial charge in [-0.2, -0.15) is 0 Å². The van der Waals surface area contributed by atoms with Crippen molar-refractivity contribution >= 4 is 29.9 Å². The van der Waals surface area contributed by atoms with Crippen LogP contribution < -0.4 is 16.5 Å². The molecule has 10 heteroatoms. The molecular formula is C19H26N4O6. The second-order valence-corrected chi connectivity index (χ2v) is 7.02. The Hall–Kier alpha value is -3.14. The van der Waals surface area contributed by atoms with Crippen LogP contribution in [0.1, 0.15) is 37.7 Å². The number of carboxylic acid groups (broad SMARTS) is 1. The van der Waals surface area contributed by atoms with Crippen molar-refractivity contribution in [3.63, 3.8) is 0 Å². The van der Waals surface area contributed by atoms with Crippen LogP contribution in [0, 0.1) is 5.41 Å². The second kappa shape index (κ2) is 9.87. The summed E-state index contributed by atoms with van der Waals surface area (Å²) in [5.74, 6) is -1.89. The summed E-state index contributed by atoms with van der Waals surface area (Å²) in [5, 5.41) is 22.2. The molecule has 0 radical (unpaired) electrons. The lowest BCUT2D eigenvalue weighted by Gasteiger charge is -2.41. The number of aliphatic hydroxyl groups is 1. The number of nitrogens with one attached hydrogen (secondary N) is 2. The summed E-state index contributed by atoms with van der Waals surface area (Å²) < 4.78 is 0. The molecule has 1 aliphatic carbocycles. The fourth-order valence-electron chi connectivity index (χ4n) is 3.17. The maximum Gasteiger partial charge on any atom is 0.319 e. The van der Waals surface area contributed by atoms with Gasteiger partial charge in [0.05, 0.1) is 12.3 Å². The highest BCUT2D eigenvalue weighted by Gasteiger charge is 2.54. The molecule has 10 nitrogen and oxygen atoms in total. The summed E-state index contributed by atoms with van der Waals surface area (Å²) >= 11 is 0. The fraction of sp³-hybridized carbons (Fsp3) is 0.474. The van der Waals surface area contributed by atoms with E-state index in [1.54, 1.807) is 24.3 Å². The number of aliphatic carboxylic acids is 1. The third-order valence-electron chi connectivity index (χ3n) is 5.10. The van der Waals surface area contributed by atoms with Crippen LogP contribution in [0.3, 0.4) is 0 Å². The Kier molecular flexibility index (Phi) is 7.54. The fourth-order valence-corrected chi connectivity index (χ4v) is 3.17. The summed E-state index contributed by atoms with van der Waals surface area (Å²) in [6.45, 7) is 0.0752. The van der Waals surface area contributed by atoms with Crippen molar-refractivity contribution in [3.05, 3.63) is 29.8 Å². The highest BCUT2D eigenvalue weighted by Crippen LogP contribution is 2.43. The van der Waals surface area contributed by atoms with Crippen LogP contribution in [-0.4, -0.2) is 52.0 Å². The summed E-state index contributed by atoms with van der Waals surface area (Å²) in [5.41, 5.74) is 7.45. The van der Waals surface area contributed by atoms with Crippen LogP contribution in [0.15, 0.2) is 24.3 Å². The minimum absolute atomic E-state index is 0.144. The molecule has 0 aromatic heterocycles. The number of anilines is 1. The van der Waals surface area contributed by atoms with Gasteiger partial charge in [-0.3, -0.25) is 15.0 Å². The molecule has 1 atom stereocenters. The molecule has 0 bridgehead atoms. The number of hydrogen-bond donors (Lipinski definition) is 5. The minimum atomic E-state index is -1.55. The molecule has 0 spiro atoms. The van der Waals surface area contributed by atoms with E-state index in [-0.39, 0.29) is 32.4 Å². The predicted molar refractivity (Wildman–Crippen MR) is 103 cm³/mol. The van der Waals surface area contributed by atoms with Crippen molar-refractivity contribution in [3.8, 4) is 0 Å². The molecule has 1 aromatic carbocycles. The zero-order valence-electron chi connectivity index (χ0n) is 16.0. The number of aldehydes is 1. The highest BCUT2D eigenvalue weighted by atomic mass is 16.4. The third-order valence-corrected chi connectivity index (χ3v) is 5.10. The Balaban J connectivity index is 2.22. The zero-order chi connectivity index (χ0) is 21.4. The first-order valence-electron chi connectivity index (χ1n) is 9.36. The number of carboxylic acids is 1. The predicted octanol–water partition coefficient (Wildman–Crippen LogP) is 0.605. The quantitative estimate of drug-likeness (QED) is 0.156. The number of aliphatic hydroxyl groups excluding tert-OH is 1. The van der Waals surface area contributed by atoms with Crippen molar-refractivity contribution in [1.29, 1.82) is 0 Å². The van der Waals surface area contributed by atoms with E-state index >= 15 is 0 Å². The van der Waals surface area contributed by atoms with Gasteiger partial charge in [-0.05, 0) is 43.4 Å². The summed E-state index contributed by atoms with van der Waals surface area (Å²) in [4.78, 5) is 47.5. The van der Waals surface area contributed by atoms with Gasteiger partial charge in [0.1, 0.15) is 17.7 Å². The number of primary amides is 1. The number of urea groups is 1. The first kappa shape index (κ1) is 22.2. The molecule has 0 heterocycles. The summed E-state index contributed by atoms with van der Waals surface area (Å²) in [6, 6.07) is 4.91. The topological polar surface area (TPSA) is 162 Å². The molecule has 3 amide bonds. The van der Waals surface area contributed by atoms with Crippen molar-refractivity contribution in [2.45, 2.75) is 44.8 Å². The van der Waals surface area contributed by atoms with Crippen molar-refractivity contribution in [2.24, 2.45) is 11.1 Å². The lowest BCUT2D eigenvalue weighted by Crippen LogP contribution is -2.57. The van der Waals surface area contributed by atoms with Crippen LogP contribution in [0.25, 0.3) is 0 Å². The lowest BCUT2D eigenvalue weighted by atomic mass is 9.68. The Morgan fingerprint density at radius 1 is 1.24 bits per heavy atom. The van der Waals surface area contributed by atoms with Gasteiger partial charge in [0.15, 0.2) is 0 Å². The van der Waals surface area contributed by atoms with Gasteiger partial charge in [0.2, 0.25) is 0 Å². The number of carbonyl (C=O) groups excluding carboxylic acids is 3. The Bertz CT molecular complexity index is 748. The van der Waals surface area contributed by atoms with Crippen molar-refractivity contribution in [2.75, 3.05) is 12.0 Å². The van der Waals surface area contributed by atoms with E-state index in [2.05, 4.69) is 10.7 Å². The lowest BCUT2D eigenvalue weighted by molar-refractivity contribution is -0.168. The molecule has 0 saturated heterocycles. The van der Waals surface area contributed by atoms with E-state index in [9.17, 15) is 24.3 Å². The van der Waals surface area contributed by atoms with Crippen LogP contribution in [-0.2, 0) is 21.0 Å². The Morgan fingerprint density at radius 2 is 1.90 bits per heavy atom. The number of nitrogens with two attached hydrogens (primary N) is 1. The van der Waals surface area contributed by atoms with Gasteiger partial charge < -0.3 is 26.1 Å². The Labute approximate surface area is 168 Å². The monoisotopic (exact) mass is 406 g/mol. The zero-order valence-corrected chi connectivity index (χ0v) is 16.0. The molecule has 1 fully saturated rings. The molecule has 1 aliphatic rings. The average Bonchev–Trinajstić information content (AvgIpc) is 2.65. The van der Waals surface area contributed by atoms with Crippen LogP contribution in [0.2, 0.25) is 0 Å². The van der Waals surface area contributed by atoms with Crippen molar-refractivity contribution in [1.82, 2.24) is 10.3 Å². The first-order valence-corrected chi connectivity index (χ1v) is 9.36. The molecule has 0 unspecified atom stereocenters. The normalized spacial score (nSPS) is 15.5. The SMILES string of the molecule is NC(=O)NCCC[C@@H](C=O)N(Nc1ccc(CO)cc1)C(=O)C1(C(=O)O)CCC1. The number of rotatable bonds is 11. The highest BCUT2D eigenvalue weighted by molar-refractivity contribution is 6.04. The number of amides is 3. The average molecular weight is 406 g/mol. The molecule has 29 heavy (non-hydrogen) atoms.